The third-order valence-corrected chi connectivity index (χ3v) is 6.28. The van der Waals surface area contributed by atoms with Gasteiger partial charge in [0.1, 0.15) is 6.04 Å². The number of benzene rings is 2. The molecule has 158 valence electrons. The highest BCUT2D eigenvalue weighted by Gasteiger charge is 2.34. The summed E-state index contributed by atoms with van der Waals surface area (Å²) in [6.45, 7) is 0. The predicted octanol–water partition coefficient (Wildman–Crippen LogP) is 4.40. The van der Waals surface area contributed by atoms with Crippen molar-refractivity contribution in [3.8, 4) is 0 Å². The van der Waals surface area contributed by atoms with E-state index in [4.69, 9.17) is 11.6 Å². The van der Waals surface area contributed by atoms with Gasteiger partial charge in [-0.2, -0.15) is 29.7 Å². The normalized spacial score (nSPS) is 13.1. The monoisotopic (exact) mass is 466 g/mol. The molecule has 1 unspecified atom stereocenters. The summed E-state index contributed by atoms with van der Waals surface area (Å²) in [5.41, 5.74) is -1.23. The first-order valence-electron chi connectivity index (χ1n) is 8.28. The Hall–Kier alpha value is -1.75. The van der Waals surface area contributed by atoms with Gasteiger partial charge in [-0.25, -0.2) is 8.42 Å². The van der Waals surface area contributed by atoms with Crippen molar-refractivity contribution >= 4 is 45.0 Å². The van der Waals surface area contributed by atoms with Crippen LogP contribution in [0.25, 0.3) is 0 Å². The number of thioether (sulfide) groups is 1. The highest BCUT2D eigenvalue weighted by molar-refractivity contribution is 7.98. The van der Waals surface area contributed by atoms with Crippen molar-refractivity contribution < 1.29 is 26.4 Å². The van der Waals surface area contributed by atoms with Crippen LogP contribution in [0.1, 0.15) is 12.0 Å². The van der Waals surface area contributed by atoms with Crippen LogP contribution >= 0.6 is 23.4 Å². The van der Waals surface area contributed by atoms with Gasteiger partial charge in [0.25, 0.3) is 0 Å². The van der Waals surface area contributed by atoms with Crippen LogP contribution in [0.15, 0.2) is 53.4 Å². The first-order valence-corrected chi connectivity index (χ1v) is 11.5. The summed E-state index contributed by atoms with van der Waals surface area (Å²) in [4.78, 5) is 12.6. The van der Waals surface area contributed by atoms with Crippen LogP contribution in [0.2, 0.25) is 5.02 Å². The third kappa shape index (κ3) is 6.63. The SMILES string of the molecule is CSCCC(NS(=O)(=O)c1ccccc1)C(=O)Nc1ccc(Cl)c(C(F)(F)F)c1. The van der Waals surface area contributed by atoms with Gasteiger partial charge in [-0.3, -0.25) is 4.79 Å². The van der Waals surface area contributed by atoms with Crippen molar-refractivity contribution in [3.05, 3.63) is 59.1 Å². The van der Waals surface area contributed by atoms with Crippen molar-refractivity contribution in [2.75, 3.05) is 17.3 Å². The van der Waals surface area contributed by atoms with E-state index in [-0.39, 0.29) is 17.0 Å². The lowest BCUT2D eigenvalue weighted by Crippen LogP contribution is -2.44. The van der Waals surface area contributed by atoms with E-state index in [0.29, 0.717) is 11.8 Å². The Balaban J connectivity index is 2.23. The number of alkyl halides is 3. The molecule has 1 atom stereocenters. The predicted molar refractivity (Wildman–Crippen MR) is 109 cm³/mol. The number of nitrogens with one attached hydrogen (secondary N) is 2. The lowest BCUT2D eigenvalue weighted by molar-refractivity contribution is -0.137. The van der Waals surface area contributed by atoms with Gasteiger partial charge >= 0.3 is 6.18 Å². The molecular weight excluding hydrogens is 449 g/mol. The molecule has 0 radical (unpaired) electrons. The Morgan fingerprint density at radius 2 is 1.83 bits per heavy atom. The molecule has 0 spiro atoms. The average molecular weight is 467 g/mol. The van der Waals surface area contributed by atoms with Crippen molar-refractivity contribution in [2.45, 2.75) is 23.5 Å². The largest absolute Gasteiger partial charge is 0.417 e. The number of hydrogen-bond acceptors (Lipinski definition) is 4. The first-order chi connectivity index (χ1) is 13.5. The molecule has 0 aliphatic rings. The van der Waals surface area contributed by atoms with Crippen LogP contribution in [0.5, 0.6) is 0 Å². The summed E-state index contributed by atoms with van der Waals surface area (Å²) in [6, 6.07) is 9.25. The zero-order chi connectivity index (χ0) is 21.7. The second kappa shape index (κ2) is 9.84. The number of hydrogen-bond donors (Lipinski definition) is 2. The van der Waals surface area contributed by atoms with Gasteiger partial charge in [0.15, 0.2) is 0 Å². The molecule has 0 heterocycles. The Labute approximate surface area is 176 Å². The van der Waals surface area contributed by atoms with Crippen LogP contribution in [0.4, 0.5) is 18.9 Å². The van der Waals surface area contributed by atoms with Gasteiger partial charge in [0.05, 0.1) is 15.5 Å². The van der Waals surface area contributed by atoms with Crippen molar-refractivity contribution in [2.24, 2.45) is 0 Å². The van der Waals surface area contributed by atoms with E-state index in [0.717, 1.165) is 6.07 Å². The number of amides is 1. The fourth-order valence-electron chi connectivity index (χ4n) is 2.38. The lowest BCUT2D eigenvalue weighted by Gasteiger charge is -2.19. The number of sulfonamides is 1. The number of rotatable bonds is 8. The average Bonchev–Trinajstić information content (AvgIpc) is 2.66. The summed E-state index contributed by atoms with van der Waals surface area (Å²) in [7, 11) is -3.99. The van der Waals surface area contributed by atoms with E-state index in [1.165, 1.54) is 42.1 Å². The second-order valence-electron chi connectivity index (χ2n) is 5.95. The van der Waals surface area contributed by atoms with Crippen LogP contribution in [0, 0.1) is 0 Å². The van der Waals surface area contributed by atoms with Crippen LogP contribution in [-0.2, 0) is 21.0 Å². The topological polar surface area (TPSA) is 75.3 Å². The Morgan fingerprint density at radius 3 is 2.41 bits per heavy atom. The fourth-order valence-corrected chi connectivity index (χ4v) is 4.33. The molecule has 0 bridgehead atoms. The molecule has 0 aliphatic heterocycles. The van der Waals surface area contributed by atoms with Gasteiger partial charge < -0.3 is 5.32 Å². The molecular formula is C18H18ClF3N2O3S2. The van der Waals surface area contributed by atoms with Crippen molar-refractivity contribution in [1.82, 2.24) is 4.72 Å². The minimum absolute atomic E-state index is 0.0206. The quantitative estimate of drug-likeness (QED) is 0.604. The Morgan fingerprint density at radius 1 is 1.17 bits per heavy atom. The maximum absolute atomic E-state index is 13.0. The number of anilines is 1. The molecule has 0 aliphatic carbocycles. The molecule has 29 heavy (non-hydrogen) atoms. The van der Waals surface area contributed by atoms with E-state index in [1.54, 1.807) is 12.3 Å². The molecule has 11 heteroatoms. The molecule has 2 N–H and O–H groups in total. The van der Waals surface area contributed by atoms with Gasteiger partial charge in [-0.05, 0) is 48.8 Å². The van der Waals surface area contributed by atoms with E-state index in [2.05, 4.69) is 10.0 Å². The molecule has 2 rings (SSSR count). The maximum atomic E-state index is 13.0. The zero-order valence-electron chi connectivity index (χ0n) is 15.2. The summed E-state index contributed by atoms with van der Waals surface area (Å²) < 4.78 is 66.4. The van der Waals surface area contributed by atoms with Crippen LogP contribution in [-0.4, -0.2) is 32.4 Å². The smallest absolute Gasteiger partial charge is 0.325 e. The van der Waals surface area contributed by atoms with Gasteiger partial charge in [-0.15, -0.1) is 0 Å². The van der Waals surface area contributed by atoms with Crippen molar-refractivity contribution in [1.29, 1.82) is 0 Å². The van der Waals surface area contributed by atoms with Crippen molar-refractivity contribution in [3.63, 3.8) is 0 Å². The van der Waals surface area contributed by atoms with E-state index in [1.807, 2.05) is 0 Å². The third-order valence-electron chi connectivity index (χ3n) is 3.82. The highest BCUT2D eigenvalue weighted by Crippen LogP contribution is 2.36. The molecule has 0 saturated carbocycles. The van der Waals surface area contributed by atoms with Gasteiger partial charge in [0.2, 0.25) is 15.9 Å². The Bertz CT molecular complexity index is 955. The summed E-state index contributed by atoms with van der Waals surface area (Å²) in [5.74, 6) is -0.307. The highest BCUT2D eigenvalue weighted by atomic mass is 35.5. The molecule has 5 nitrogen and oxygen atoms in total. The van der Waals surface area contributed by atoms with Crippen LogP contribution < -0.4 is 10.0 Å². The van der Waals surface area contributed by atoms with Gasteiger partial charge in [-0.1, -0.05) is 29.8 Å². The Kier molecular flexibility index (Phi) is 7.98. The fraction of sp³-hybridized carbons (Fsp3) is 0.278. The minimum atomic E-state index is -4.69. The van der Waals surface area contributed by atoms with E-state index in [9.17, 15) is 26.4 Å². The molecule has 0 aromatic heterocycles. The lowest BCUT2D eigenvalue weighted by atomic mass is 10.1. The summed E-state index contributed by atoms with van der Waals surface area (Å²) in [5, 5.41) is 1.83. The standard InChI is InChI=1S/C18H18ClF3N2O3S2/c1-28-10-9-16(24-29(26,27)13-5-3-2-4-6-13)17(25)23-12-7-8-15(19)14(11-12)18(20,21)22/h2-8,11,16,24H,9-10H2,1H3,(H,23,25). The number of carbonyl (C=O) groups is 1. The molecule has 1 amide bonds. The minimum Gasteiger partial charge on any atom is -0.325 e. The summed E-state index contributed by atoms with van der Waals surface area (Å²) in [6.07, 6.45) is -2.75. The molecule has 0 fully saturated rings. The van der Waals surface area contributed by atoms with Crippen LogP contribution in [0.3, 0.4) is 0 Å². The number of halogens is 4. The van der Waals surface area contributed by atoms with Gasteiger partial charge in [0, 0.05) is 5.69 Å². The summed E-state index contributed by atoms with van der Waals surface area (Å²) >= 11 is 6.98. The van der Waals surface area contributed by atoms with E-state index >= 15 is 0 Å². The zero-order valence-corrected chi connectivity index (χ0v) is 17.6. The number of carbonyl (C=O) groups excluding carboxylic acids is 1. The molecule has 2 aromatic rings. The second-order valence-corrected chi connectivity index (χ2v) is 9.06. The molecule has 2 aromatic carbocycles. The first kappa shape index (κ1) is 23.5. The van der Waals surface area contributed by atoms with E-state index < -0.39 is 38.7 Å². The maximum Gasteiger partial charge on any atom is 0.417 e. The molecule has 0 saturated heterocycles.